The summed E-state index contributed by atoms with van der Waals surface area (Å²) in [7, 11) is 1.67. The van der Waals surface area contributed by atoms with Gasteiger partial charge in [-0.1, -0.05) is 60.7 Å². The zero-order chi connectivity index (χ0) is 21.6. The maximum Gasteiger partial charge on any atom is 0.202 e. The molecule has 0 spiro atoms. The normalized spacial score (nSPS) is 23.0. The number of imidazole rings is 1. The van der Waals surface area contributed by atoms with E-state index in [2.05, 4.69) is 39.1 Å². The van der Waals surface area contributed by atoms with E-state index in [9.17, 15) is 0 Å². The van der Waals surface area contributed by atoms with E-state index in [-0.39, 0.29) is 5.92 Å². The van der Waals surface area contributed by atoms with Crippen molar-refractivity contribution in [3.05, 3.63) is 90.5 Å². The largest absolute Gasteiger partial charge is 0.351 e. The predicted octanol–water partition coefficient (Wildman–Crippen LogP) is 4.14. The molecule has 2 atom stereocenters. The standard InChI is InChI=1S/C25H31N3O3/c1-24(29-2)23(19-26-14-9-16-28-17-15-27-20-28)18-25(31-30-24,21-10-5-3-6-11-21)22-12-7-4-8-13-22/h3-8,10-13,15,17,20,23,26H,9,14,16,18-19H2,1-2H3/t23-,24-/m1/s1. The highest BCUT2D eigenvalue weighted by molar-refractivity contribution is 5.37. The van der Waals surface area contributed by atoms with Gasteiger partial charge in [-0.15, -0.1) is 0 Å². The summed E-state index contributed by atoms with van der Waals surface area (Å²) in [5.41, 5.74) is 1.46. The lowest BCUT2D eigenvalue weighted by molar-refractivity contribution is -0.496. The Morgan fingerprint density at radius 1 is 1.06 bits per heavy atom. The molecule has 0 saturated carbocycles. The van der Waals surface area contributed by atoms with Gasteiger partial charge in [-0.05, 0) is 37.4 Å². The van der Waals surface area contributed by atoms with Gasteiger partial charge in [0, 0.05) is 38.5 Å². The van der Waals surface area contributed by atoms with Crippen LogP contribution in [-0.4, -0.2) is 35.5 Å². The maximum absolute atomic E-state index is 6.19. The molecule has 1 aromatic heterocycles. The summed E-state index contributed by atoms with van der Waals surface area (Å²) < 4.78 is 7.86. The molecule has 0 amide bonds. The van der Waals surface area contributed by atoms with Gasteiger partial charge in [0.1, 0.15) is 0 Å². The number of nitrogens with zero attached hydrogens (tertiary/aromatic N) is 2. The van der Waals surface area contributed by atoms with Crippen molar-refractivity contribution in [1.82, 2.24) is 14.9 Å². The molecule has 164 valence electrons. The Kier molecular flexibility index (Phi) is 6.83. The van der Waals surface area contributed by atoms with E-state index < -0.39 is 11.4 Å². The Hall–Kier alpha value is -2.51. The van der Waals surface area contributed by atoms with Crippen LogP contribution >= 0.6 is 0 Å². The predicted molar refractivity (Wildman–Crippen MR) is 119 cm³/mol. The Balaban J connectivity index is 1.51. The summed E-state index contributed by atoms with van der Waals surface area (Å²) in [6.45, 7) is 4.56. The van der Waals surface area contributed by atoms with E-state index >= 15 is 0 Å². The first-order valence-corrected chi connectivity index (χ1v) is 10.9. The van der Waals surface area contributed by atoms with E-state index in [0.29, 0.717) is 0 Å². The van der Waals surface area contributed by atoms with Gasteiger partial charge in [0.25, 0.3) is 0 Å². The van der Waals surface area contributed by atoms with Crippen molar-refractivity contribution >= 4 is 0 Å². The molecule has 2 aromatic carbocycles. The van der Waals surface area contributed by atoms with Crippen molar-refractivity contribution < 1.29 is 14.5 Å². The fourth-order valence-corrected chi connectivity index (χ4v) is 4.24. The third kappa shape index (κ3) is 4.72. The third-order valence-electron chi connectivity index (χ3n) is 6.23. The summed E-state index contributed by atoms with van der Waals surface area (Å²) in [5.74, 6) is -0.746. The van der Waals surface area contributed by atoms with Crippen LogP contribution in [0.25, 0.3) is 0 Å². The van der Waals surface area contributed by atoms with Crippen LogP contribution in [-0.2, 0) is 26.7 Å². The highest BCUT2D eigenvalue weighted by Crippen LogP contribution is 2.47. The number of methoxy groups -OCH3 is 1. The lowest BCUT2D eigenvalue weighted by atomic mass is 9.76. The zero-order valence-corrected chi connectivity index (χ0v) is 18.2. The first kappa shape index (κ1) is 21.7. The maximum atomic E-state index is 6.19. The summed E-state index contributed by atoms with van der Waals surface area (Å²) >= 11 is 0. The Labute approximate surface area is 184 Å². The van der Waals surface area contributed by atoms with Crippen molar-refractivity contribution in [3.63, 3.8) is 0 Å². The summed E-state index contributed by atoms with van der Waals surface area (Å²) in [6.07, 6.45) is 7.40. The molecule has 3 aromatic rings. The smallest absolute Gasteiger partial charge is 0.202 e. The molecule has 1 saturated heterocycles. The minimum atomic E-state index is -0.829. The Morgan fingerprint density at radius 3 is 2.32 bits per heavy atom. The van der Waals surface area contributed by atoms with Gasteiger partial charge in [0.2, 0.25) is 5.79 Å². The second-order valence-corrected chi connectivity index (χ2v) is 8.21. The summed E-state index contributed by atoms with van der Waals surface area (Å²) in [5, 5.41) is 3.60. The number of aromatic nitrogens is 2. The van der Waals surface area contributed by atoms with Crippen LogP contribution in [0.5, 0.6) is 0 Å². The van der Waals surface area contributed by atoms with Crippen molar-refractivity contribution in [2.24, 2.45) is 5.92 Å². The average molecular weight is 422 g/mol. The topological polar surface area (TPSA) is 57.5 Å². The van der Waals surface area contributed by atoms with Crippen LogP contribution in [0.1, 0.15) is 30.9 Å². The van der Waals surface area contributed by atoms with Crippen LogP contribution in [0.2, 0.25) is 0 Å². The molecule has 1 fully saturated rings. The summed E-state index contributed by atoms with van der Waals surface area (Å²) in [6, 6.07) is 20.6. The molecule has 31 heavy (non-hydrogen) atoms. The SMILES string of the molecule is CO[C@]1(C)OOC(c2ccccc2)(c2ccccc2)C[C@@H]1CNCCCn1ccnc1. The highest BCUT2D eigenvalue weighted by Gasteiger charge is 2.51. The second kappa shape index (κ2) is 9.75. The molecule has 4 rings (SSSR count). The molecule has 0 unspecified atom stereocenters. The molecule has 1 N–H and O–H groups in total. The average Bonchev–Trinajstić information content (AvgIpc) is 3.35. The van der Waals surface area contributed by atoms with E-state index in [1.54, 1.807) is 7.11 Å². The molecule has 2 heterocycles. The van der Waals surface area contributed by atoms with Gasteiger partial charge in [0.15, 0.2) is 5.60 Å². The molecule has 6 heteroatoms. The van der Waals surface area contributed by atoms with Gasteiger partial charge in [-0.25, -0.2) is 9.87 Å². The quantitative estimate of drug-likeness (QED) is 0.416. The van der Waals surface area contributed by atoms with Gasteiger partial charge >= 0.3 is 0 Å². The number of hydrogen-bond donors (Lipinski definition) is 1. The lowest BCUT2D eigenvalue weighted by Crippen LogP contribution is -2.54. The number of ether oxygens (including phenoxy) is 1. The van der Waals surface area contributed by atoms with Crippen LogP contribution in [0.15, 0.2) is 79.4 Å². The minimum Gasteiger partial charge on any atom is -0.351 e. The van der Waals surface area contributed by atoms with Crippen molar-refractivity contribution in [1.29, 1.82) is 0 Å². The Morgan fingerprint density at radius 2 is 1.74 bits per heavy atom. The lowest BCUT2D eigenvalue weighted by Gasteiger charge is -2.48. The molecular formula is C25H31N3O3. The first-order valence-electron chi connectivity index (χ1n) is 10.9. The van der Waals surface area contributed by atoms with E-state index in [1.807, 2.05) is 62.0 Å². The van der Waals surface area contributed by atoms with Gasteiger partial charge in [-0.3, -0.25) is 0 Å². The molecule has 0 bridgehead atoms. The zero-order valence-electron chi connectivity index (χ0n) is 18.2. The fraction of sp³-hybridized carbons (Fsp3) is 0.400. The molecule has 1 aliphatic heterocycles. The summed E-state index contributed by atoms with van der Waals surface area (Å²) in [4.78, 5) is 16.3. The second-order valence-electron chi connectivity index (χ2n) is 8.21. The van der Waals surface area contributed by atoms with E-state index in [1.165, 1.54) is 0 Å². The van der Waals surface area contributed by atoms with Crippen molar-refractivity contribution in [2.75, 3.05) is 20.2 Å². The number of rotatable bonds is 9. The van der Waals surface area contributed by atoms with Crippen molar-refractivity contribution in [2.45, 2.75) is 37.7 Å². The third-order valence-corrected chi connectivity index (χ3v) is 6.23. The monoisotopic (exact) mass is 421 g/mol. The Bertz CT molecular complexity index is 878. The fourth-order valence-electron chi connectivity index (χ4n) is 4.24. The highest BCUT2D eigenvalue weighted by atomic mass is 17.2. The van der Waals surface area contributed by atoms with Crippen LogP contribution in [0, 0.1) is 5.92 Å². The van der Waals surface area contributed by atoms with Crippen LogP contribution in [0.3, 0.4) is 0 Å². The first-order chi connectivity index (χ1) is 15.2. The molecule has 0 radical (unpaired) electrons. The molecular weight excluding hydrogens is 390 g/mol. The van der Waals surface area contributed by atoms with Crippen molar-refractivity contribution in [3.8, 4) is 0 Å². The molecule has 0 aliphatic carbocycles. The molecule has 6 nitrogen and oxygen atoms in total. The number of nitrogens with one attached hydrogen (secondary N) is 1. The van der Waals surface area contributed by atoms with Gasteiger partial charge in [0.05, 0.1) is 6.33 Å². The number of aryl methyl sites for hydroxylation is 1. The molecule has 1 aliphatic rings. The van der Waals surface area contributed by atoms with E-state index in [4.69, 9.17) is 14.5 Å². The van der Waals surface area contributed by atoms with E-state index in [0.717, 1.165) is 43.6 Å². The number of benzene rings is 2. The number of hydrogen-bond acceptors (Lipinski definition) is 5. The van der Waals surface area contributed by atoms with Gasteiger partial charge in [-0.2, -0.15) is 4.89 Å². The minimum absolute atomic E-state index is 0.0832. The van der Waals surface area contributed by atoms with Crippen LogP contribution < -0.4 is 5.32 Å². The van der Waals surface area contributed by atoms with Gasteiger partial charge < -0.3 is 14.6 Å². The van der Waals surface area contributed by atoms with Crippen LogP contribution in [0.4, 0.5) is 0 Å².